The van der Waals surface area contributed by atoms with Gasteiger partial charge in [0, 0.05) is 20.8 Å². The van der Waals surface area contributed by atoms with Gasteiger partial charge in [-0.05, 0) is 18.8 Å². The number of nitrogens with one attached hydrogen (secondary N) is 1. The average molecular weight is 577 g/mol. The Balaban J connectivity index is 2.32. The molecule has 2 rings (SSSR count). The first-order valence-corrected chi connectivity index (χ1v) is 12.7. The van der Waals surface area contributed by atoms with Crippen LogP contribution in [0.2, 0.25) is 0 Å². The maximum atomic E-state index is 12.5. The fraction of sp³-hybridized carbons (Fsp3) is 0.818. The minimum absolute atomic E-state index is 0.268. The molecule has 1 aliphatic carbocycles. The number of alkyl halides is 3. The van der Waals surface area contributed by atoms with Crippen molar-refractivity contribution >= 4 is 58.8 Å². The smallest absolute Gasteiger partial charge is 0.407 e. The van der Waals surface area contributed by atoms with Crippen molar-refractivity contribution in [3.05, 3.63) is 0 Å². The monoisotopic (exact) mass is 575 g/mol. The number of alkyl carbamates (subject to hydrolysis) is 1. The summed E-state index contributed by atoms with van der Waals surface area (Å²) in [5.74, 6) is -1.77. The Kier molecular flexibility index (Phi) is 12.3. The molecule has 2 aliphatic rings. The fourth-order valence-corrected chi connectivity index (χ4v) is 4.27. The van der Waals surface area contributed by atoms with E-state index in [1.54, 1.807) is 0 Å². The molecule has 0 aromatic carbocycles. The van der Waals surface area contributed by atoms with Gasteiger partial charge in [0.1, 0.15) is 25.4 Å². The van der Waals surface area contributed by atoms with Crippen molar-refractivity contribution in [3.8, 4) is 0 Å². The maximum absolute atomic E-state index is 12.5. The summed E-state index contributed by atoms with van der Waals surface area (Å²) >= 11 is 16.9. The van der Waals surface area contributed by atoms with E-state index < -0.39 is 65.0 Å². The van der Waals surface area contributed by atoms with Gasteiger partial charge >= 0.3 is 24.0 Å². The third kappa shape index (κ3) is 10.8. The molecule has 0 spiro atoms. The second-order valence-corrected chi connectivity index (χ2v) is 11.2. The van der Waals surface area contributed by atoms with Crippen molar-refractivity contribution < 1.29 is 47.6 Å². The van der Waals surface area contributed by atoms with Gasteiger partial charge in [0.2, 0.25) is 3.79 Å². The first-order valence-electron chi connectivity index (χ1n) is 11.6. The third-order valence-corrected chi connectivity index (χ3v) is 5.90. The quantitative estimate of drug-likeness (QED) is 0.248. The normalized spacial score (nSPS) is 27.0. The van der Waals surface area contributed by atoms with Crippen LogP contribution in [0.3, 0.4) is 0 Å². The maximum Gasteiger partial charge on any atom is 0.407 e. The van der Waals surface area contributed by atoms with E-state index in [0.717, 1.165) is 46.0 Å². The summed E-state index contributed by atoms with van der Waals surface area (Å²) in [5, 5.41) is 2.51. The molecule has 0 aromatic heterocycles. The molecular formula is C22H32Cl3NO10. The molecular weight excluding hydrogens is 545 g/mol. The Hall–Kier alpha value is -1.53. The SMILES string of the molecule is CC(=O)OC[C@H]1O[C@H](OCC2CCCCC2)[C@H](NC(=O)OCC(Cl)(Cl)Cl)[C@@H](OC(C)=O)[C@@H]1OC(C)=O. The molecule has 0 unspecified atom stereocenters. The van der Waals surface area contributed by atoms with E-state index in [1.807, 2.05) is 0 Å². The predicted molar refractivity (Wildman–Crippen MR) is 127 cm³/mol. The average Bonchev–Trinajstić information content (AvgIpc) is 2.78. The molecule has 206 valence electrons. The van der Waals surface area contributed by atoms with Gasteiger partial charge in [0.05, 0.1) is 6.61 Å². The van der Waals surface area contributed by atoms with Gasteiger partial charge in [0.15, 0.2) is 18.5 Å². The highest BCUT2D eigenvalue weighted by atomic mass is 35.6. The lowest BCUT2D eigenvalue weighted by atomic mass is 9.90. The molecule has 11 nitrogen and oxygen atoms in total. The standard InChI is InChI=1S/C22H32Cl3NO10/c1-12(27)31-10-16-18(34-13(2)28)19(35-14(3)29)17(26-21(30)33-11-22(23,24)25)20(36-16)32-9-15-7-5-4-6-8-15/h15-20H,4-11H2,1-3H3,(H,26,30)/t16-,17-,18-,19-,20+/m1/s1. The summed E-state index contributed by atoms with van der Waals surface area (Å²) in [4.78, 5) is 47.8. The van der Waals surface area contributed by atoms with E-state index in [1.165, 1.54) is 6.92 Å². The van der Waals surface area contributed by atoms with Gasteiger partial charge in [0.25, 0.3) is 0 Å². The van der Waals surface area contributed by atoms with Crippen LogP contribution in [0.4, 0.5) is 4.79 Å². The summed E-state index contributed by atoms with van der Waals surface area (Å²) in [6.07, 6.45) is -0.549. The molecule has 5 atom stereocenters. The molecule has 14 heteroatoms. The zero-order valence-corrected chi connectivity index (χ0v) is 22.6. The number of hydrogen-bond donors (Lipinski definition) is 1. The number of hydrogen-bond acceptors (Lipinski definition) is 10. The van der Waals surface area contributed by atoms with Crippen LogP contribution >= 0.6 is 34.8 Å². The summed E-state index contributed by atoms with van der Waals surface area (Å²) < 4.78 is 31.0. The van der Waals surface area contributed by atoms with Crippen LogP contribution in [-0.4, -0.2) is 78.3 Å². The summed E-state index contributed by atoms with van der Waals surface area (Å²) in [6.45, 7) is 2.92. The zero-order chi connectivity index (χ0) is 26.9. The molecule has 1 saturated carbocycles. The highest BCUT2D eigenvalue weighted by molar-refractivity contribution is 6.67. The van der Waals surface area contributed by atoms with Gasteiger partial charge in [-0.1, -0.05) is 54.1 Å². The largest absolute Gasteiger partial charge is 0.463 e. The van der Waals surface area contributed by atoms with Crippen LogP contribution in [0, 0.1) is 5.92 Å². The number of amides is 1. The Bertz CT molecular complexity index is 772. The lowest BCUT2D eigenvalue weighted by Gasteiger charge is -2.45. The summed E-state index contributed by atoms with van der Waals surface area (Å²) in [7, 11) is 0. The van der Waals surface area contributed by atoms with Crippen LogP contribution in [-0.2, 0) is 42.8 Å². The van der Waals surface area contributed by atoms with E-state index in [-0.39, 0.29) is 12.5 Å². The van der Waals surface area contributed by atoms with Crippen molar-refractivity contribution in [1.82, 2.24) is 5.32 Å². The Labute approximate surface area is 224 Å². The minimum atomic E-state index is -1.86. The summed E-state index contributed by atoms with van der Waals surface area (Å²) in [6, 6.07) is -1.18. The van der Waals surface area contributed by atoms with E-state index in [2.05, 4.69) is 5.32 Å². The Morgan fingerprint density at radius 1 is 0.861 bits per heavy atom. The first-order chi connectivity index (χ1) is 16.9. The van der Waals surface area contributed by atoms with Gasteiger partial charge in [-0.3, -0.25) is 14.4 Å². The number of carbonyl (C=O) groups is 4. The van der Waals surface area contributed by atoms with Crippen molar-refractivity contribution in [2.45, 2.75) is 87.3 Å². The van der Waals surface area contributed by atoms with Crippen molar-refractivity contribution in [2.24, 2.45) is 5.92 Å². The number of carbonyl (C=O) groups excluding carboxylic acids is 4. The Morgan fingerprint density at radius 3 is 2.03 bits per heavy atom. The first kappa shape index (κ1) is 30.7. The highest BCUT2D eigenvalue weighted by Gasteiger charge is 2.52. The van der Waals surface area contributed by atoms with Crippen LogP contribution in [0.15, 0.2) is 0 Å². The molecule has 1 heterocycles. The van der Waals surface area contributed by atoms with Crippen LogP contribution in [0.1, 0.15) is 52.9 Å². The van der Waals surface area contributed by atoms with Crippen LogP contribution < -0.4 is 5.32 Å². The van der Waals surface area contributed by atoms with Gasteiger partial charge in [-0.2, -0.15) is 0 Å². The number of esters is 3. The Morgan fingerprint density at radius 2 is 1.47 bits per heavy atom. The second kappa shape index (κ2) is 14.4. The van der Waals surface area contributed by atoms with Gasteiger partial charge in [-0.25, -0.2) is 4.79 Å². The predicted octanol–water partition coefficient (Wildman–Crippen LogP) is 3.20. The minimum Gasteiger partial charge on any atom is -0.463 e. The number of halogens is 3. The van der Waals surface area contributed by atoms with Crippen molar-refractivity contribution in [3.63, 3.8) is 0 Å². The zero-order valence-electron chi connectivity index (χ0n) is 20.3. The third-order valence-electron chi connectivity index (χ3n) is 5.57. The molecule has 2 fully saturated rings. The lowest BCUT2D eigenvalue weighted by Crippen LogP contribution is -2.67. The number of ether oxygens (including phenoxy) is 6. The van der Waals surface area contributed by atoms with Crippen molar-refractivity contribution in [1.29, 1.82) is 0 Å². The molecule has 1 amide bonds. The van der Waals surface area contributed by atoms with E-state index >= 15 is 0 Å². The van der Waals surface area contributed by atoms with Crippen LogP contribution in [0.5, 0.6) is 0 Å². The highest BCUT2D eigenvalue weighted by Crippen LogP contribution is 2.31. The fourth-order valence-electron chi connectivity index (χ4n) is 4.11. The van der Waals surface area contributed by atoms with E-state index in [0.29, 0.717) is 6.61 Å². The molecule has 0 aromatic rings. The van der Waals surface area contributed by atoms with E-state index in [4.69, 9.17) is 63.2 Å². The molecule has 0 bridgehead atoms. The second-order valence-electron chi connectivity index (χ2n) is 8.69. The van der Waals surface area contributed by atoms with Gasteiger partial charge in [-0.15, -0.1) is 0 Å². The van der Waals surface area contributed by atoms with Gasteiger partial charge < -0.3 is 33.7 Å². The molecule has 0 radical (unpaired) electrons. The molecule has 1 saturated heterocycles. The summed E-state index contributed by atoms with van der Waals surface area (Å²) in [5.41, 5.74) is 0. The number of rotatable bonds is 9. The topological polar surface area (TPSA) is 136 Å². The lowest BCUT2D eigenvalue weighted by molar-refractivity contribution is -0.279. The van der Waals surface area contributed by atoms with Crippen LogP contribution in [0.25, 0.3) is 0 Å². The molecule has 36 heavy (non-hydrogen) atoms. The van der Waals surface area contributed by atoms with E-state index in [9.17, 15) is 19.2 Å². The molecule has 1 aliphatic heterocycles. The van der Waals surface area contributed by atoms with Crippen molar-refractivity contribution in [2.75, 3.05) is 19.8 Å². The molecule has 1 N–H and O–H groups in total.